The molecule has 5 nitrogen and oxygen atoms in total. The smallest absolute Gasteiger partial charge is 0.129 e. The molecule has 0 bridgehead atoms. The predicted molar refractivity (Wildman–Crippen MR) is 124 cm³/mol. The minimum atomic E-state index is -0.519. The molecule has 0 aliphatic carbocycles. The molecule has 0 unspecified atom stereocenters. The molecule has 1 heterocycles. The van der Waals surface area contributed by atoms with Gasteiger partial charge in [0.25, 0.3) is 0 Å². The molecule has 0 atom stereocenters. The summed E-state index contributed by atoms with van der Waals surface area (Å²) in [4.78, 5) is 6.42. The molecule has 0 aliphatic heterocycles. The number of hydroxylamine groups is 1. The Bertz CT molecular complexity index is 882. The Hall–Kier alpha value is -2.61. The van der Waals surface area contributed by atoms with E-state index in [2.05, 4.69) is 47.4 Å². The predicted octanol–water partition coefficient (Wildman–Crippen LogP) is 4.42. The monoisotopic (exact) mass is 432 g/mol. The Balaban J connectivity index is 0.000000399. The van der Waals surface area contributed by atoms with E-state index in [9.17, 15) is 8.78 Å². The maximum Gasteiger partial charge on any atom is 0.129 e. The number of nitrogens with one attached hydrogen (secondary N) is 2. The van der Waals surface area contributed by atoms with Gasteiger partial charge in [-0.05, 0) is 68.8 Å². The van der Waals surface area contributed by atoms with Gasteiger partial charge in [-0.3, -0.25) is 15.7 Å². The lowest BCUT2D eigenvalue weighted by Gasteiger charge is -2.15. The van der Waals surface area contributed by atoms with Gasteiger partial charge in [0.05, 0.1) is 11.4 Å². The van der Waals surface area contributed by atoms with E-state index in [0.717, 1.165) is 36.8 Å². The van der Waals surface area contributed by atoms with E-state index in [1.807, 2.05) is 26.8 Å². The van der Waals surface area contributed by atoms with Crippen molar-refractivity contribution in [3.8, 4) is 0 Å². The van der Waals surface area contributed by atoms with Crippen molar-refractivity contribution in [2.45, 2.75) is 27.2 Å². The molecule has 0 radical (unpaired) electrons. The fourth-order valence-electron chi connectivity index (χ4n) is 2.78. The summed E-state index contributed by atoms with van der Waals surface area (Å²) in [5.74, 6) is -0.975. The summed E-state index contributed by atoms with van der Waals surface area (Å²) < 4.78 is 24.9. The number of allylic oxidation sites excluding steroid dienone is 1. The zero-order valence-electron chi connectivity index (χ0n) is 19.1. The highest BCUT2D eigenvalue weighted by molar-refractivity contribution is 5.72. The number of hydrogen-bond donors (Lipinski definition) is 3. The number of nitrogens with zero attached hydrogens (tertiary/aromatic N) is 2. The highest BCUT2D eigenvalue weighted by atomic mass is 19.1. The minimum Gasteiger partial charge on any atom is -0.311 e. The third-order valence-electron chi connectivity index (χ3n) is 4.69. The third kappa shape index (κ3) is 8.96. The van der Waals surface area contributed by atoms with E-state index in [0.29, 0.717) is 23.4 Å². The molecular formula is C24H34F2N4O. The van der Waals surface area contributed by atoms with Gasteiger partial charge in [0.1, 0.15) is 11.6 Å². The number of halogens is 2. The van der Waals surface area contributed by atoms with Crippen molar-refractivity contribution in [1.82, 2.24) is 20.7 Å². The summed E-state index contributed by atoms with van der Waals surface area (Å²) >= 11 is 0. The van der Waals surface area contributed by atoms with E-state index in [1.165, 1.54) is 17.7 Å². The number of rotatable bonds is 9. The molecule has 1 aromatic carbocycles. The first-order valence-corrected chi connectivity index (χ1v) is 10.2. The molecule has 170 valence electrons. The molecule has 3 N–H and O–H groups in total. The summed E-state index contributed by atoms with van der Waals surface area (Å²) in [5, 5.41) is 12.4. The lowest BCUT2D eigenvalue weighted by atomic mass is 10.0. The van der Waals surface area contributed by atoms with Gasteiger partial charge in [0.2, 0.25) is 0 Å². The maximum atomic E-state index is 12.6. The van der Waals surface area contributed by atoms with E-state index >= 15 is 0 Å². The van der Waals surface area contributed by atoms with Crippen LogP contribution in [0, 0.1) is 18.6 Å². The Kier molecular flexibility index (Phi) is 11.6. The first-order chi connectivity index (χ1) is 14.7. The number of pyridine rings is 1. The average Bonchev–Trinajstić information content (AvgIpc) is 2.74. The lowest BCUT2D eigenvalue weighted by Crippen LogP contribution is -2.27. The number of aromatic nitrogens is 1. The quantitative estimate of drug-likeness (QED) is 0.404. The van der Waals surface area contributed by atoms with Crippen LogP contribution in [0.1, 0.15) is 36.2 Å². The number of hydrogen-bond acceptors (Lipinski definition) is 5. The van der Waals surface area contributed by atoms with E-state index < -0.39 is 11.6 Å². The van der Waals surface area contributed by atoms with Gasteiger partial charge in [0, 0.05) is 31.9 Å². The van der Waals surface area contributed by atoms with Crippen LogP contribution >= 0.6 is 0 Å². The van der Waals surface area contributed by atoms with Crippen LogP contribution in [0.4, 0.5) is 8.78 Å². The van der Waals surface area contributed by atoms with Gasteiger partial charge in [-0.1, -0.05) is 25.6 Å². The Morgan fingerprint density at radius 2 is 1.97 bits per heavy atom. The Morgan fingerprint density at radius 1 is 1.26 bits per heavy atom. The highest BCUT2D eigenvalue weighted by Gasteiger charge is 2.08. The summed E-state index contributed by atoms with van der Waals surface area (Å²) in [7, 11) is 4.12. The highest BCUT2D eigenvalue weighted by Crippen LogP contribution is 2.20. The molecule has 31 heavy (non-hydrogen) atoms. The molecular weight excluding hydrogens is 398 g/mol. The molecule has 0 amide bonds. The number of benzene rings is 1. The Morgan fingerprint density at radius 3 is 2.52 bits per heavy atom. The Labute approximate surface area is 184 Å². The second kappa shape index (κ2) is 13.6. The van der Waals surface area contributed by atoms with Crippen molar-refractivity contribution in [2.75, 3.05) is 33.7 Å². The molecule has 7 heteroatoms. The van der Waals surface area contributed by atoms with Gasteiger partial charge in [-0.15, -0.1) is 0 Å². The van der Waals surface area contributed by atoms with Crippen LogP contribution in [0.5, 0.6) is 0 Å². The average molecular weight is 433 g/mol. The van der Waals surface area contributed by atoms with Gasteiger partial charge in [-0.25, -0.2) is 8.78 Å². The second-order valence-corrected chi connectivity index (χ2v) is 7.36. The van der Waals surface area contributed by atoms with Crippen molar-refractivity contribution in [1.29, 1.82) is 0 Å². The van der Waals surface area contributed by atoms with Crippen LogP contribution in [-0.4, -0.2) is 48.8 Å². The standard InChI is InChI=1S/C16H26N4O.C8H8F2/c1-6-14(11-17-7-8-20(4)5)15-9-16(13(3)19-21)18-10-12(15)2;1-2-6-3-4-7(9)5-8(6)10/h6,9-10,17,19,21H,3,7-8,11H2,1-2,4-5H3;3-5H,2H2,1H3/b14-6-;. The van der Waals surface area contributed by atoms with E-state index in [-0.39, 0.29) is 0 Å². The molecule has 1 aromatic heterocycles. The summed E-state index contributed by atoms with van der Waals surface area (Å²) in [6.07, 6.45) is 4.51. The first-order valence-electron chi connectivity index (χ1n) is 10.2. The summed E-state index contributed by atoms with van der Waals surface area (Å²) in [5.41, 5.74) is 7.08. The van der Waals surface area contributed by atoms with Crippen LogP contribution in [0.3, 0.4) is 0 Å². The molecule has 0 fully saturated rings. The number of likely N-dealkylation sites (N-methyl/N-ethyl adjacent to an activating group) is 1. The molecule has 2 rings (SSSR count). The van der Waals surface area contributed by atoms with Crippen LogP contribution in [0.2, 0.25) is 0 Å². The summed E-state index contributed by atoms with van der Waals surface area (Å²) in [6.45, 7) is 12.4. The van der Waals surface area contributed by atoms with Crippen LogP contribution in [0.15, 0.2) is 43.1 Å². The maximum absolute atomic E-state index is 12.6. The van der Waals surface area contributed by atoms with Gasteiger partial charge in [-0.2, -0.15) is 0 Å². The van der Waals surface area contributed by atoms with Crippen LogP contribution < -0.4 is 10.8 Å². The normalized spacial score (nSPS) is 11.2. The molecule has 0 saturated heterocycles. The number of aryl methyl sites for hydroxylation is 2. The molecule has 0 spiro atoms. The van der Waals surface area contributed by atoms with Crippen LogP contribution in [0.25, 0.3) is 11.3 Å². The SMILES string of the molecule is C=C(NO)c1cc(/C(=C\C)CNCCN(C)C)c(C)cn1.CCc1ccc(F)cc1F. The molecule has 0 aliphatic rings. The van der Waals surface area contributed by atoms with Gasteiger partial charge >= 0.3 is 0 Å². The fraction of sp³-hybridized carbons (Fsp3) is 0.375. The third-order valence-corrected chi connectivity index (χ3v) is 4.69. The minimum absolute atomic E-state index is 0.396. The van der Waals surface area contributed by atoms with Crippen molar-refractivity contribution < 1.29 is 14.0 Å². The van der Waals surface area contributed by atoms with E-state index in [1.54, 1.807) is 6.20 Å². The largest absolute Gasteiger partial charge is 0.311 e. The van der Waals surface area contributed by atoms with Crippen molar-refractivity contribution >= 4 is 11.3 Å². The van der Waals surface area contributed by atoms with Gasteiger partial charge in [0.15, 0.2) is 0 Å². The topological polar surface area (TPSA) is 60.4 Å². The van der Waals surface area contributed by atoms with Crippen molar-refractivity contribution in [3.63, 3.8) is 0 Å². The zero-order chi connectivity index (χ0) is 23.4. The van der Waals surface area contributed by atoms with Crippen molar-refractivity contribution in [2.24, 2.45) is 0 Å². The molecule has 0 saturated carbocycles. The fourth-order valence-corrected chi connectivity index (χ4v) is 2.78. The van der Waals surface area contributed by atoms with E-state index in [4.69, 9.17) is 5.21 Å². The summed E-state index contributed by atoms with van der Waals surface area (Å²) in [6, 6.07) is 5.58. The zero-order valence-corrected chi connectivity index (χ0v) is 19.1. The van der Waals surface area contributed by atoms with Crippen LogP contribution in [-0.2, 0) is 6.42 Å². The lowest BCUT2D eigenvalue weighted by molar-refractivity contribution is 0.224. The second-order valence-electron chi connectivity index (χ2n) is 7.36. The van der Waals surface area contributed by atoms with Crippen molar-refractivity contribution in [3.05, 3.63) is 77.1 Å². The molecule has 2 aromatic rings. The first kappa shape index (κ1) is 26.4. The van der Waals surface area contributed by atoms with Gasteiger partial charge < -0.3 is 10.2 Å².